The molecule has 0 saturated heterocycles. The summed E-state index contributed by atoms with van der Waals surface area (Å²) in [6.07, 6.45) is 8.00. The van der Waals surface area contributed by atoms with Gasteiger partial charge >= 0.3 is 0 Å². The molecule has 2 aromatic carbocycles. The zero-order valence-electron chi connectivity index (χ0n) is 14.4. The van der Waals surface area contributed by atoms with E-state index in [9.17, 15) is 0 Å². The minimum atomic E-state index is 0.601. The van der Waals surface area contributed by atoms with Crippen LogP contribution < -0.4 is 0 Å². The van der Waals surface area contributed by atoms with E-state index in [1.807, 2.05) is 0 Å². The highest BCUT2D eigenvalue weighted by Crippen LogP contribution is 2.23. The minimum Gasteiger partial charge on any atom is -0.0654 e. The lowest BCUT2D eigenvalue weighted by molar-refractivity contribution is 0.632. The van der Waals surface area contributed by atoms with Crippen molar-refractivity contribution >= 4 is 0 Å². The van der Waals surface area contributed by atoms with Crippen LogP contribution in [0.15, 0.2) is 48.5 Å². The Labute approximate surface area is 136 Å². The van der Waals surface area contributed by atoms with E-state index < -0.39 is 0 Å². The Morgan fingerprint density at radius 3 is 1.77 bits per heavy atom. The van der Waals surface area contributed by atoms with Crippen molar-refractivity contribution in [3.05, 3.63) is 59.7 Å². The molecule has 0 nitrogen and oxygen atoms in total. The van der Waals surface area contributed by atoms with Gasteiger partial charge in [0.25, 0.3) is 0 Å². The molecule has 0 heteroatoms. The normalized spacial score (nSPS) is 11.1. The number of hydrogen-bond donors (Lipinski definition) is 0. The third-order valence-electron chi connectivity index (χ3n) is 4.43. The van der Waals surface area contributed by atoms with Gasteiger partial charge in [-0.05, 0) is 41.0 Å². The molecule has 0 saturated carbocycles. The molecule has 0 aliphatic carbocycles. The van der Waals surface area contributed by atoms with Gasteiger partial charge in [0.1, 0.15) is 0 Å². The van der Waals surface area contributed by atoms with E-state index in [0.717, 1.165) is 0 Å². The zero-order chi connectivity index (χ0) is 15.8. The fourth-order valence-corrected chi connectivity index (χ4v) is 2.86. The quantitative estimate of drug-likeness (QED) is 0.460. The molecule has 22 heavy (non-hydrogen) atoms. The van der Waals surface area contributed by atoms with Crippen LogP contribution in [0.2, 0.25) is 0 Å². The van der Waals surface area contributed by atoms with Gasteiger partial charge in [0.2, 0.25) is 0 Å². The van der Waals surface area contributed by atoms with Crippen LogP contribution in [0.5, 0.6) is 0 Å². The fourth-order valence-electron chi connectivity index (χ4n) is 2.86. The lowest BCUT2D eigenvalue weighted by Crippen LogP contribution is -1.88. The number of rotatable bonds is 8. The third kappa shape index (κ3) is 5.02. The number of benzene rings is 2. The summed E-state index contributed by atoms with van der Waals surface area (Å²) in [5.41, 5.74) is 5.52. The Hall–Kier alpha value is -1.56. The smallest absolute Gasteiger partial charge is 0.0184 e. The maximum atomic E-state index is 2.30. The highest BCUT2D eigenvalue weighted by molar-refractivity contribution is 5.64. The molecule has 118 valence electrons. The van der Waals surface area contributed by atoms with Crippen LogP contribution in [-0.2, 0) is 6.42 Å². The molecule has 0 amide bonds. The van der Waals surface area contributed by atoms with Gasteiger partial charge in [0, 0.05) is 0 Å². The minimum absolute atomic E-state index is 0.601. The Bertz CT molecular complexity index is 531. The fraction of sp³-hybridized carbons (Fsp3) is 0.455. The molecule has 2 aromatic rings. The van der Waals surface area contributed by atoms with E-state index in [4.69, 9.17) is 0 Å². The molecule has 0 aliphatic rings. The van der Waals surface area contributed by atoms with E-state index in [1.165, 1.54) is 60.8 Å². The number of hydrogen-bond acceptors (Lipinski definition) is 0. The van der Waals surface area contributed by atoms with Crippen LogP contribution >= 0.6 is 0 Å². The van der Waals surface area contributed by atoms with E-state index >= 15 is 0 Å². The Morgan fingerprint density at radius 2 is 1.23 bits per heavy atom. The monoisotopic (exact) mass is 294 g/mol. The summed E-state index contributed by atoms with van der Waals surface area (Å²) < 4.78 is 0. The van der Waals surface area contributed by atoms with Crippen molar-refractivity contribution in [1.29, 1.82) is 0 Å². The summed E-state index contributed by atoms with van der Waals surface area (Å²) in [4.78, 5) is 0. The second kappa shape index (κ2) is 8.78. The van der Waals surface area contributed by atoms with Crippen LogP contribution in [0.4, 0.5) is 0 Å². The number of aryl methyl sites for hydroxylation is 1. The molecular formula is C22H30. The Balaban J connectivity index is 1.91. The first kappa shape index (κ1) is 16.8. The molecule has 0 N–H and O–H groups in total. The van der Waals surface area contributed by atoms with Crippen molar-refractivity contribution in [3.8, 4) is 11.1 Å². The molecule has 0 radical (unpaired) electrons. The van der Waals surface area contributed by atoms with Gasteiger partial charge in [-0.2, -0.15) is 0 Å². The largest absolute Gasteiger partial charge is 0.0654 e. The van der Waals surface area contributed by atoms with Gasteiger partial charge in [-0.25, -0.2) is 0 Å². The molecular weight excluding hydrogens is 264 g/mol. The van der Waals surface area contributed by atoms with Crippen LogP contribution in [0.25, 0.3) is 11.1 Å². The molecule has 2 rings (SSSR count). The first-order chi connectivity index (χ1) is 10.7. The van der Waals surface area contributed by atoms with Crippen LogP contribution in [0.3, 0.4) is 0 Å². The lowest BCUT2D eigenvalue weighted by atomic mass is 9.97. The molecule has 0 bridgehead atoms. The van der Waals surface area contributed by atoms with Crippen molar-refractivity contribution in [3.63, 3.8) is 0 Å². The molecule has 0 aliphatic heterocycles. The lowest BCUT2D eigenvalue weighted by Gasteiger charge is -2.08. The van der Waals surface area contributed by atoms with Gasteiger partial charge in [-0.3, -0.25) is 0 Å². The zero-order valence-corrected chi connectivity index (χ0v) is 14.4. The van der Waals surface area contributed by atoms with Crippen LogP contribution in [-0.4, -0.2) is 0 Å². The molecule has 0 atom stereocenters. The maximum Gasteiger partial charge on any atom is -0.0184 e. The molecule has 0 aromatic heterocycles. The third-order valence-corrected chi connectivity index (χ3v) is 4.43. The van der Waals surface area contributed by atoms with Crippen molar-refractivity contribution in [2.24, 2.45) is 0 Å². The first-order valence-electron chi connectivity index (χ1n) is 8.90. The SMILES string of the molecule is CCCCCCCc1ccc(-c2ccc(C(C)C)cc2)cc1. The van der Waals surface area contributed by atoms with Gasteiger partial charge < -0.3 is 0 Å². The van der Waals surface area contributed by atoms with Crippen LogP contribution in [0.1, 0.15) is 69.9 Å². The molecule has 0 unspecified atom stereocenters. The standard InChI is InChI=1S/C22H30/c1-4-5-6-7-8-9-19-10-12-21(13-11-19)22-16-14-20(15-17-22)18(2)3/h10-18H,4-9H2,1-3H3. The van der Waals surface area contributed by atoms with Gasteiger partial charge in [-0.15, -0.1) is 0 Å². The van der Waals surface area contributed by atoms with Crippen molar-refractivity contribution < 1.29 is 0 Å². The summed E-state index contributed by atoms with van der Waals surface area (Å²) in [6, 6.07) is 18.1. The molecule has 0 fully saturated rings. The summed E-state index contributed by atoms with van der Waals surface area (Å²) in [6.45, 7) is 6.75. The first-order valence-corrected chi connectivity index (χ1v) is 8.90. The predicted molar refractivity (Wildman–Crippen MR) is 98.4 cm³/mol. The molecule has 0 heterocycles. The highest BCUT2D eigenvalue weighted by Gasteiger charge is 2.01. The van der Waals surface area contributed by atoms with E-state index in [0.29, 0.717) is 5.92 Å². The second-order valence-electron chi connectivity index (χ2n) is 6.64. The maximum absolute atomic E-state index is 2.30. The van der Waals surface area contributed by atoms with Crippen molar-refractivity contribution in [2.45, 2.75) is 65.2 Å². The Kier molecular flexibility index (Phi) is 6.71. The van der Waals surface area contributed by atoms with E-state index in [-0.39, 0.29) is 0 Å². The predicted octanol–water partition coefficient (Wildman–Crippen LogP) is 6.99. The van der Waals surface area contributed by atoms with Gasteiger partial charge in [0.05, 0.1) is 0 Å². The Morgan fingerprint density at radius 1 is 0.682 bits per heavy atom. The summed E-state index contributed by atoms with van der Waals surface area (Å²) in [5.74, 6) is 0.601. The average molecular weight is 294 g/mol. The average Bonchev–Trinajstić information content (AvgIpc) is 2.55. The highest BCUT2D eigenvalue weighted by atomic mass is 14.1. The second-order valence-corrected chi connectivity index (χ2v) is 6.64. The summed E-state index contributed by atoms with van der Waals surface area (Å²) in [7, 11) is 0. The van der Waals surface area contributed by atoms with E-state index in [2.05, 4.69) is 69.3 Å². The van der Waals surface area contributed by atoms with Gasteiger partial charge in [-0.1, -0.05) is 95.0 Å². The summed E-state index contributed by atoms with van der Waals surface area (Å²) in [5, 5.41) is 0. The van der Waals surface area contributed by atoms with Gasteiger partial charge in [0.15, 0.2) is 0 Å². The van der Waals surface area contributed by atoms with Crippen molar-refractivity contribution in [1.82, 2.24) is 0 Å². The summed E-state index contributed by atoms with van der Waals surface area (Å²) >= 11 is 0. The number of unbranched alkanes of at least 4 members (excludes halogenated alkanes) is 4. The van der Waals surface area contributed by atoms with Crippen LogP contribution in [0, 0.1) is 0 Å². The topological polar surface area (TPSA) is 0 Å². The molecule has 0 spiro atoms. The van der Waals surface area contributed by atoms with E-state index in [1.54, 1.807) is 0 Å². The van der Waals surface area contributed by atoms with Crippen molar-refractivity contribution in [2.75, 3.05) is 0 Å².